The Kier molecular flexibility index (Phi) is 5.98. The van der Waals surface area contributed by atoms with Crippen LogP contribution < -0.4 is 0 Å². The van der Waals surface area contributed by atoms with Crippen molar-refractivity contribution < 1.29 is 4.84 Å². The van der Waals surface area contributed by atoms with Crippen LogP contribution in [-0.4, -0.2) is 19.2 Å². The number of hydrogen-bond acceptors (Lipinski definition) is 2. The monoisotopic (exact) mass is 181 g/mol. The minimum absolute atomic E-state index is 0.511. The molecule has 0 aliphatic heterocycles. The van der Waals surface area contributed by atoms with Gasteiger partial charge in [-0.25, -0.2) is 0 Å². The number of hydroxylamine groups is 2. The lowest BCUT2D eigenvalue weighted by atomic mass is 10.1. The average molecular weight is 181 g/mol. The summed E-state index contributed by atoms with van der Waals surface area (Å²) >= 11 is 0. The zero-order chi connectivity index (χ0) is 10.3. The average Bonchev–Trinajstić information content (AvgIpc) is 2.15. The standard InChI is InChI=1S/C11H19NO/c1-6-10(2)8-7-9-11(3)12(4)13-5/h6-7,9-10H,1,3,8H2,2,4-5H3/b9-7+. The third kappa shape index (κ3) is 5.26. The van der Waals surface area contributed by atoms with Crippen molar-refractivity contribution in [1.29, 1.82) is 0 Å². The molecule has 0 rings (SSSR count). The molecule has 2 heteroatoms. The van der Waals surface area contributed by atoms with E-state index in [0.29, 0.717) is 5.92 Å². The molecule has 74 valence electrons. The van der Waals surface area contributed by atoms with Crippen LogP contribution in [0.15, 0.2) is 37.1 Å². The summed E-state index contributed by atoms with van der Waals surface area (Å²) in [6.07, 6.45) is 6.95. The fourth-order valence-corrected chi connectivity index (χ4v) is 0.737. The first-order valence-electron chi connectivity index (χ1n) is 4.37. The first-order valence-corrected chi connectivity index (χ1v) is 4.37. The van der Waals surface area contributed by atoms with Gasteiger partial charge in [0, 0.05) is 7.05 Å². The second-order valence-electron chi connectivity index (χ2n) is 3.02. The number of rotatable bonds is 6. The second-order valence-corrected chi connectivity index (χ2v) is 3.02. The Hall–Kier alpha value is -1.02. The highest BCUT2D eigenvalue weighted by atomic mass is 16.7. The third-order valence-corrected chi connectivity index (χ3v) is 1.90. The van der Waals surface area contributed by atoms with E-state index in [1.807, 2.05) is 19.2 Å². The lowest BCUT2D eigenvalue weighted by molar-refractivity contribution is -0.0731. The van der Waals surface area contributed by atoms with Crippen LogP contribution >= 0.6 is 0 Å². The summed E-state index contributed by atoms with van der Waals surface area (Å²) in [5, 5.41) is 1.62. The molecule has 1 atom stereocenters. The van der Waals surface area contributed by atoms with Crippen molar-refractivity contribution in [2.45, 2.75) is 13.3 Å². The van der Waals surface area contributed by atoms with E-state index in [9.17, 15) is 0 Å². The molecule has 0 saturated carbocycles. The summed E-state index contributed by atoms with van der Waals surface area (Å²) in [4.78, 5) is 4.96. The molecule has 0 fully saturated rings. The zero-order valence-electron chi connectivity index (χ0n) is 8.79. The first-order chi connectivity index (χ1) is 6.11. The quantitative estimate of drug-likeness (QED) is 0.355. The highest BCUT2D eigenvalue weighted by Gasteiger charge is 1.95. The molecule has 0 radical (unpaired) electrons. The van der Waals surface area contributed by atoms with Gasteiger partial charge in [-0.1, -0.05) is 25.7 Å². The third-order valence-electron chi connectivity index (χ3n) is 1.90. The Labute approximate surface area is 81.1 Å². The largest absolute Gasteiger partial charge is 0.277 e. The van der Waals surface area contributed by atoms with Crippen LogP contribution in [0, 0.1) is 5.92 Å². The normalized spacial score (nSPS) is 12.8. The predicted octanol–water partition coefficient (Wildman–Crippen LogP) is 2.76. The van der Waals surface area contributed by atoms with Crippen LogP contribution in [0.2, 0.25) is 0 Å². The molecule has 0 aliphatic rings. The molecule has 0 bridgehead atoms. The maximum atomic E-state index is 4.96. The molecule has 1 unspecified atom stereocenters. The molecule has 0 amide bonds. The van der Waals surface area contributed by atoms with Gasteiger partial charge in [-0.2, -0.15) is 0 Å². The predicted molar refractivity (Wildman–Crippen MR) is 57.0 cm³/mol. The van der Waals surface area contributed by atoms with Crippen LogP contribution in [-0.2, 0) is 4.84 Å². The van der Waals surface area contributed by atoms with Gasteiger partial charge in [0.25, 0.3) is 0 Å². The van der Waals surface area contributed by atoms with Gasteiger partial charge in [-0.3, -0.25) is 9.90 Å². The van der Waals surface area contributed by atoms with E-state index in [-0.39, 0.29) is 0 Å². The van der Waals surface area contributed by atoms with Crippen molar-refractivity contribution in [3.05, 3.63) is 37.1 Å². The number of likely N-dealkylation sites (N-methyl/N-ethyl adjacent to an activating group) is 1. The van der Waals surface area contributed by atoms with E-state index in [1.165, 1.54) is 0 Å². The van der Waals surface area contributed by atoms with E-state index in [1.54, 1.807) is 12.2 Å². The van der Waals surface area contributed by atoms with Crippen molar-refractivity contribution in [2.75, 3.05) is 14.2 Å². The Balaban J connectivity index is 3.84. The summed E-state index contributed by atoms with van der Waals surface area (Å²) in [5.74, 6) is 0.511. The summed E-state index contributed by atoms with van der Waals surface area (Å²) in [7, 11) is 3.44. The van der Waals surface area contributed by atoms with Gasteiger partial charge < -0.3 is 0 Å². The molecule has 13 heavy (non-hydrogen) atoms. The zero-order valence-corrected chi connectivity index (χ0v) is 8.79. The van der Waals surface area contributed by atoms with Crippen molar-refractivity contribution in [2.24, 2.45) is 5.92 Å². The van der Waals surface area contributed by atoms with Crippen molar-refractivity contribution in [1.82, 2.24) is 5.06 Å². The number of allylic oxidation sites excluding steroid dienone is 3. The lowest BCUT2D eigenvalue weighted by Gasteiger charge is -2.15. The Morgan fingerprint density at radius 2 is 2.23 bits per heavy atom. The molecule has 0 aromatic heterocycles. The molecule has 0 heterocycles. The Morgan fingerprint density at radius 1 is 1.62 bits per heavy atom. The maximum Gasteiger partial charge on any atom is 0.0638 e. The van der Waals surface area contributed by atoms with Gasteiger partial charge in [0.1, 0.15) is 0 Å². The summed E-state index contributed by atoms with van der Waals surface area (Å²) < 4.78 is 0. The molecule has 0 aromatic rings. The minimum Gasteiger partial charge on any atom is -0.277 e. The fourth-order valence-electron chi connectivity index (χ4n) is 0.737. The van der Waals surface area contributed by atoms with E-state index in [4.69, 9.17) is 4.84 Å². The summed E-state index contributed by atoms with van der Waals surface area (Å²) in [6.45, 7) is 9.68. The van der Waals surface area contributed by atoms with Crippen LogP contribution in [0.4, 0.5) is 0 Å². The molecular formula is C11H19NO. The molecule has 2 nitrogen and oxygen atoms in total. The second kappa shape index (κ2) is 6.49. The Bertz CT molecular complexity index is 196. The molecule has 0 N–H and O–H groups in total. The van der Waals surface area contributed by atoms with Crippen molar-refractivity contribution in [3.8, 4) is 0 Å². The molecule has 0 aliphatic carbocycles. The van der Waals surface area contributed by atoms with Gasteiger partial charge in [0.05, 0.1) is 12.8 Å². The molecule has 0 saturated heterocycles. The molecule has 0 spiro atoms. The summed E-state index contributed by atoms with van der Waals surface area (Å²) in [5.41, 5.74) is 0.846. The topological polar surface area (TPSA) is 12.5 Å². The van der Waals surface area contributed by atoms with Gasteiger partial charge >= 0.3 is 0 Å². The van der Waals surface area contributed by atoms with E-state index >= 15 is 0 Å². The molecule has 0 aromatic carbocycles. The maximum absolute atomic E-state index is 4.96. The van der Waals surface area contributed by atoms with Crippen LogP contribution in [0.5, 0.6) is 0 Å². The van der Waals surface area contributed by atoms with Crippen LogP contribution in [0.25, 0.3) is 0 Å². The SMILES string of the molecule is C=CC(C)C/C=C/C(=C)N(C)OC. The fraction of sp³-hybridized carbons (Fsp3) is 0.455. The lowest BCUT2D eigenvalue weighted by Crippen LogP contribution is -2.13. The Morgan fingerprint density at radius 3 is 2.69 bits per heavy atom. The first kappa shape index (κ1) is 12.0. The van der Waals surface area contributed by atoms with Gasteiger partial charge in [0.2, 0.25) is 0 Å². The van der Waals surface area contributed by atoms with Gasteiger partial charge in [0.15, 0.2) is 0 Å². The summed E-state index contributed by atoms with van der Waals surface area (Å²) in [6, 6.07) is 0. The van der Waals surface area contributed by atoms with Crippen LogP contribution in [0.1, 0.15) is 13.3 Å². The van der Waals surface area contributed by atoms with E-state index in [2.05, 4.69) is 26.2 Å². The highest BCUT2D eigenvalue weighted by Crippen LogP contribution is 2.06. The van der Waals surface area contributed by atoms with Crippen molar-refractivity contribution in [3.63, 3.8) is 0 Å². The smallest absolute Gasteiger partial charge is 0.0638 e. The molecular weight excluding hydrogens is 162 g/mol. The number of hydrogen-bond donors (Lipinski definition) is 0. The highest BCUT2D eigenvalue weighted by molar-refractivity contribution is 5.11. The van der Waals surface area contributed by atoms with E-state index in [0.717, 1.165) is 12.1 Å². The number of nitrogens with zero attached hydrogens (tertiary/aromatic N) is 1. The minimum atomic E-state index is 0.511. The van der Waals surface area contributed by atoms with E-state index < -0.39 is 0 Å². The van der Waals surface area contributed by atoms with Crippen LogP contribution in [0.3, 0.4) is 0 Å². The van der Waals surface area contributed by atoms with Gasteiger partial charge in [-0.15, -0.1) is 6.58 Å². The van der Waals surface area contributed by atoms with Crippen molar-refractivity contribution >= 4 is 0 Å². The van der Waals surface area contributed by atoms with Gasteiger partial charge in [-0.05, 0) is 18.4 Å².